The molecule has 0 radical (unpaired) electrons. The van der Waals surface area contributed by atoms with Crippen molar-refractivity contribution in [3.8, 4) is 0 Å². The Hall–Kier alpha value is -1.46. The smallest absolute Gasteiger partial charge is 0.384 e. The molecule has 2 N–H and O–H groups in total. The quantitative estimate of drug-likeness (QED) is 0.759. The van der Waals surface area contributed by atoms with Crippen molar-refractivity contribution in [3.63, 3.8) is 0 Å². The van der Waals surface area contributed by atoms with E-state index in [4.69, 9.17) is 5.73 Å². The molecule has 0 atom stereocenters. The first-order valence-corrected chi connectivity index (χ1v) is 3.83. The zero-order valence-electron chi connectivity index (χ0n) is 7.76. The van der Waals surface area contributed by atoms with Crippen molar-refractivity contribution in [1.82, 2.24) is 4.98 Å². The van der Waals surface area contributed by atoms with Crippen LogP contribution in [0.1, 0.15) is 5.56 Å². The summed E-state index contributed by atoms with van der Waals surface area (Å²) >= 11 is 0. The third-order valence-corrected chi connectivity index (χ3v) is 1.63. The highest BCUT2D eigenvalue weighted by atomic mass is 19.4. The van der Waals surface area contributed by atoms with E-state index in [-0.39, 0.29) is 11.6 Å². The summed E-state index contributed by atoms with van der Waals surface area (Å²) in [4.78, 5) is 4.90. The van der Waals surface area contributed by atoms with Gasteiger partial charge in [-0.15, -0.1) is 0 Å². The molecule has 0 aliphatic heterocycles. The van der Waals surface area contributed by atoms with E-state index in [1.165, 1.54) is 19.0 Å². The number of hydrogen-bond acceptors (Lipinski definition) is 3. The van der Waals surface area contributed by atoms with Gasteiger partial charge >= 0.3 is 6.18 Å². The molecule has 0 spiro atoms. The zero-order valence-corrected chi connectivity index (χ0v) is 7.76. The van der Waals surface area contributed by atoms with Gasteiger partial charge in [-0.3, -0.25) is 0 Å². The fourth-order valence-corrected chi connectivity index (χ4v) is 1.03. The SMILES string of the molecule is CN(C)c1nc(N)ccc1C(F)(F)F. The van der Waals surface area contributed by atoms with Crippen LogP contribution in [0.2, 0.25) is 0 Å². The molecule has 14 heavy (non-hydrogen) atoms. The van der Waals surface area contributed by atoms with Gasteiger partial charge in [0.1, 0.15) is 11.6 Å². The lowest BCUT2D eigenvalue weighted by atomic mass is 10.2. The largest absolute Gasteiger partial charge is 0.419 e. The predicted octanol–water partition coefficient (Wildman–Crippen LogP) is 1.75. The molecule has 0 bridgehead atoms. The number of alkyl halides is 3. The predicted molar refractivity (Wildman–Crippen MR) is 48.0 cm³/mol. The maximum atomic E-state index is 12.4. The van der Waals surface area contributed by atoms with Crippen molar-refractivity contribution in [1.29, 1.82) is 0 Å². The third kappa shape index (κ3) is 2.07. The Labute approximate surface area is 79.3 Å². The van der Waals surface area contributed by atoms with E-state index < -0.39 is 11.7 Å². The van der Waals surface area contributed by atoms with Gasteiger partial charge in [0.25, 0.3) is 0 Å². The fourth-order valence-electron chi connectivity index (χ4n) is 1.03. The molecule has 0 amide bonds. The number of anilines is 2. The lowest BCUT2D eigenvalue weighted by molar-refractivity contribution is -0.137. The van der Waals surface area contributed by atoms with Crippen LogP contribution in [-0.4, -0.2) is 19.1 Å². The van der Waals surface area contributed by atoms with Gasteiger partial charge in [0.15, 0.2) is 0 Å². The van der Waals surface area contributed by atoms with E-state index in [2.05, 4.69) is 4.98 Å². The number of rotatable bonds is 1. The van der Waals surface area contributed by atoms with Crippen LogP contribution >= 0.6 is 0 Å². The molecular weight excluding hydrogens is 195 g/mol. The Morgan fingerprint density at radius 2 is 1.86 bits per heavy atom. The van der Waals surface area contributed by atoms with Gasteiger partial charge in [0.2, 0.25) is 0 Å². The monoisotopic (exact) mass is 205 g/mol. The topological polar surface area (TPSA) is 42.2 Å². The van der Waals surface area contributed by atoms with Crippen molar-refractivity contribution in [3.05, 3.63) is 17.7 Å². The maximum Gasteiger partial charge on any atom is 0.419 e. The number of nitrogens with two attached hydrogens (primary N) is 1. The van der Waals surface area contributed by atoms with Crippen LogP contribution in [0.5, 0.6) is 0 Å². The van der Waals surface area contributed by atoms with Crippen LogP contribution in [0.25, 0.3) is 0 Å². The van der Waals surface area contributed by atoms with Gasteiger partial charge in [-0.2, -0.15) is 13.2 Å². The summed E-state index contributed by atoms with van der Waals surface area (Å²) in [5.74, 6) is -0.0980. The highest BCUT2D eigenvalue weighted by Gasteiger charge is 2.34. The van der Waals surface area contributed by atoms with Crippen LogP contribution in [-0.2, 0) is 6.18 Å². The van der Waals surface area contributed by atoms with Gasteiger partial charge in [-0.1, -0.05) is 0 Å². The van der Waals surface area contributed by atoms with Crippen LogP contribution in [0.4, 0.5) is 24.8 Å². The van der Waals surface area contributed by atoms with Crippen molar-refractivity contribution >= 4 is 11.6 Å². The summed E-state index contributed by atoms with van der Waals surface area (Å²) in [6, 6.07) is 2.06. The molecule has 0 aromatic carbocycles. The molecule has 6 heteroatoms. The van der Waals surface area contributed by atoms with Gasteiger partial charge in [-0.25, -0.2) is 4.98 Å². The second-order valence-electron chi connectivity index (χ2n) is 3.00. The first-order chi connectivity index (χ1) is 6.32. The molecule has 0 saturated carbocycles. The van der Waals surface area contributed by atoms with E-state index in [1.54, 1.807) is 0 Å². The molecule has 3 nitrogen and oxygen atoms in total. The molecule has 1 rings (SSSR count). The number of nitrogens with zero attached hydrogens (tertiary/aromatic N) is 2. The first kappa shape index (κ1) is 10.6. The van der Waals surface area contributed by atoms with E-state index in [9.17, 15) is 13.2 Å². The van der Waals surface area contributed by atoms with E-state index in [0.717, 1.165) is 12.1 Å². The minimum Gasteiger partial charge on any atom is -0.384 e. The molecule has 78 valence electrons. The fraction of sp³-hybridized carbons (Fsp3) is 0.375. The summed E-state index contributed by atoms with van der Waals surface area (Å²) in [5, 5.41) is 0. The Bertz CT molecular complexity index is 333. The van der Waals surface area contributed by atoms with Gasteiger partial charge in [0.05, 0.1) is 5.56 Å². The average Bonchev–Trinajstić information content (AvgIpc) is 2.01. The highest BCUT2D eigenvalue weighted by molar-refractivity contribution is 5.52. The molecule has 0 saturated heterocycles. The zero-order chi connectivity index (χ0) is 10.9. The van der Waals surface area contributed by atoms with Crippen LogP contribution in [0, 0.1) is 0 Å². The second kappa shape index (κ2) is 3.36. The van der Waals surface area contributed by atoms with Gasteiger partial charge < -0.3 is 10.6 Å². The third-order valence-electron chi connectivity index (χ3n) is 1.63. The summed E-state index contributed by atoms with van der Waals surface area (Å²) in [6.45, 7) is 0. The lowest BCUT2D eigenvalue weighted by Gasteiger charge is -2.17. The molecule has 0 aliphatic rings. The van der Waals surface area contributed by atoms with Crippen molar-refractivity contribution in [2.75, 3.05) is 24.7 Å². The maximum absolute atomic E-state index is 12.4. The molecule has 1 heterocycles. The highest BCUT2D eigenvalue weighted by Crippen LogP contribution is 2.35. The summed E-state index contributed by atoms with van der Waals surface area (Å²) in [5.41, 5.74) is 4.52. The summed E-state index contributed by atoms with van der Waals surface area (Å²) in [6.07, 6.45) is -4.40. The van der Waals surface area contributed by atoms with Crippen molar-refractivity contribution in [2.45, 2.75) is 6.18 Å². The Kier molecular flexibility index (Phi) is 2.55. The van der Waals surface area contributed by atoms with Crippen LogP contribution in [0.15, 0.2) is 12.1 Å². The van der Waals surface area contributed by atoms with Gasteiger partial charge in [-0.05, 0) is 12.1 Å². The molecule has 0 fully saturated rings. The Morgan fingerprint density at radius 3 is 2.29 bits per heavy atom. The van der Waals surface area contributed by atoms with Crippen molar-refractivity contribution in [2.24, 2.45) is 0 Å². The number of halogens is 3. The molecule has 0 unspecified atom stereocenters. The van der Waals surface area contributed by atoms with E-state index >= 15 is 0 Å². The first-order valence-electron chi connectivity index (χ1n) is 3.83. The van der Waals surface area contributed by atoms with Gasteiger partial charge in [0, 0.05) is 14.1 Å². The second-order valence-corrected chi connectivity index (χ2v) is 3.00. The minimum atomic E-state index is -4.40. The molecule has 1 aromatic rings. The normalized spacial score (nSPS) is 11.5. The molecule has 1 aromatic heterocycles. The van der Waals surface area contributed by atoms with E-state index in [0.29, 0.717) is 0 Å². The Morgan fingerprint density at radius 1 is 1.29 bits per heavy atom. The number of aromatic nitrogens is 1. The molecule has 0 aliphatic carbocycles. The Balaban J connectivity index is 3.29. The van der Waals surface area contributed by atoms with Crippen LogP contribution < -0.4 is 10.6 Å². The standard InChI is InChI=1S/C8H10F3N3/c1-14(2)7-5(8(9,10)11)3-4-6(12)13-7/h3-4H,1-2H3,(H2,12,13). The van der Waals surface area contributed by atoms with Crippen LogP contribution in [0.3, 0.4) is 0 Å². The number of hydrogen-bond donors (Lipinski definition) is 1. The molecular formula is C8H10F3N3. The summed E-state index contributed by atoms with van der Waals surface area (Å²) in [7, 11) is 2.97. The van der Waals surface area contributed by atoms with Crippen molar-refractivity contribution < 1.29 is 13.2 Å². The number of nitrogen functional groups attached to an aromatic ring is 1. The van der Waals surface area contributed by atoms with E-state index in [1.807, 2.05) is 0 Å². The minimum absolute atomic E-state index is 0.0710. The summed E-state index contributed by atoms with van der Waals surface area (Å²) < 4.78 is 37.3. The average molecular weight is 205 g/mol. The number of pyridine rings is 1. The lowest BCUT2D eigenvalue weighted by Crippen LogP contribution is -2.18.